The molecule has 4 nitrogen and oxygen atoms in total. The number of rotatable bonds is 3. The van der Waals surface area contributed by atoms with Crippen LogP contribution >= 0.6 is 15.9 Å². The van der Waals surface area contributed by atoms with Gasteiger partial charge in [-0.15, -0.1) is 4.91 Å². The number of carboxylic acids is 1. The summed E-state index contributed by atoms with van der Waals surface area (Å²) in [4.78, 5) is 20.7. The Kier molecular flexibility index (Phi) is 3.13. The Morgan fingerprint density at radius 3 is 2.31 bits per heavy atom. The van der Waals surface area contributed by atoms with Gasteiger partial charge < -0.3 is 5.11 Å². The van der Waals surface area contributed by atoms with E-state index in [0.717, 1.165) is 4.47 Å². The van der Waals surface area contributed by atoms with Crippen molar-refractivity contribution in [1.29, 1.82) is 0 Å². The molecule has 0 aliphatic heterocycles. The van der Waals surface area contributed by atoms with E-state index in [1.165, 1.54) is 0 Å². The Morgan fingerprint density at radius 2 is 1.92 bits per heavy atom. The van der Waals surface area contributed by atoms with E-state index in [0.29, 0.717) is 5.56 Å². The summed E-state index contributed by atoms with van der Waals surface area (Å²) in [5, 5.41) is 11.1. The minimum absolute atomic E-state index is 0.380. The minimum atomic E-state index is -1.31. The number of nitroso groups, excluding NO2 is 1. The summed E-state index contributed by atoms with van der Waals surface area (Å²) in [5.41, 5.74) is 0.380. The van der Waals surface area contributed by atoms with Gasteiger partial charge in [-0.3, -0.25) is 0 Å². The van der Waals surface area contributed by atoms with Gasteiger partial charge in [-0.25, -0.2) is 4.79 Å². The molecule has 1 aromatic rings. The third kappa shape index (κ3) is 2.35. The fraction of sp³-hybridized carbons (Fsp3) is 0.125. The fourth-order valence-corrected chi connectivity index (χ4v) is 1.16. The molecule has 0 saturated carbocycles. The first-order valence-corrected chi connectivity index (χ1v) is 4.25. The van der Waals surface area contributed by atoms with Crippen molar-refractivity contribution >= 4 is 21.9 Å². The zero-order chi connectivity index (χ0) is 9.84. The zero-order valence-electron chi connectivity index (χ0n) is 6.48. The first kappa shape index (κ1) is 9.85. The predicted molar refractivity (Wildman–Crippen MR) is 50.3 cm³/mol. The van der Waals surface area contributed by atoms with E-state index in [2.05, 4.69) is 21.1 Å². The average molecular weight is 244 g/mol. The summed E-state index contributed by atoms with van der Waals surface area (Å²) < 4.78 is 0.825. The third-order valence-electron chi connectivity index (χ3n) is 1.53. The van der Waals surface area contributed by atoms with Gasteiger partial charge in [0.2, 0.25) is 6.04 Å². The summed E-state index contributed by atoms with van der Waals surface area (Å²) >= 11 is 3.20. The number of benzene rings is 1. The number of aliphatic carboxylic acids is 1. The molecule has 0 aliphatic carbocycles. The number of carboxylic acid groups (broad SMARTS) is 1. The lowest BCUT2D eigenvalue weighted by Gasteiger charge is -2.02. The van der Waals surface area contributed by atoms with Crippen molar-refractivity contribution in [1.82, 2.24) is 0 Å². The van der Waals surface area contributed by atoms with E-state index in [-0.39, 0.29) is 0 Å². The molecule has 0 amide bonds. The number of halogens is 1. The van der Waals surface area contributed by atoms with Crippen molar-refractivity contribution in [3.63, 3.8) is 0 Å². The third-order valence-corrected chi connectivity index (χ3v) is 2.05. The predicted octanol–water partition coefficient (Wildman–Crippen LogP) is 2.34. The summed E-state index contributed by atoms with van der Waals surface area (Å²) in [5.74, 6) is -1.24. The van der Waals surface area contributed by atoms with Crippen LogP contribution in [0.25, 0.3) is 0 Å². The molecule has 0 heterocycles. The number of hydrogen-bond acceptors (Lipinski definition) is 3. The highest BCUT2D eigenvalue weighted by Crippen LogP contribution is 2.19. The zero-order valence-corrected chi connectivity index (χ0v) is 8.06. The molecular weight excluding hydrogens is 238 g/mol. The van der Waals surface area contributed by atoms with Crippen LogP contribution in [0.2, 0.25) is 0 Å². The van der Waals surface area contributed by atoms with Gasteiger partial charge in [-0.1, -0.05) is 28.1 Å². The molecule has 13 heavy (non-hydrogen) atoms. The van der Waals surface area contributed by atoms with Crippen LogP contribution in [0.5, 0.6) is 0 Å². The number of hydrogen-bond donors (Lipinski definition) is 1. The van der Waals surface area contributed by atoms with Crippen molar-refractivity contribution in [2.75, 3.05) is 0 Å². The van der Waals surface area contributed by atoms with Crippen molar-refractivity contribution in [2.24, 2.45) is 5.18 Å². The minimum Gasteiger partial charge on any atom is -0.479 e. The van der Waals surface area contributed by atoms with Crippen LogP contribution in [-0.4, -0.2) is 11.1 Å². The molecule has 0 saturated heterocycles. The van der Waals surface area contributed by atoms with E-state index in [1.54, 1.807) is 24.3 Å². The van der Waals surface area contributed by atoms with Crippen molar-refractivity contribution in [3.05, 3.63) is 39.2 Å². The van der Waals surface area contributed by atoms with Gasteiger partial charge >= 0.3 is 5.97 Å². The van der Waals surface area contributed by atoms with Crippen molar-refractivity contribution in [3.8, 4) is 0 Å². The van der Waals surface area contributed by atoms with Gasteiger partial charge in [0.1, 0.15) is 0 Å². The van der Waals surface area contributed by atoms with E-state index in [1.807, 2.05) is 0 Å². The summed E-state index contributed by atoms with van der Waals surface area (Å²) in [7, 11) is 0. The van der Waals surface area contributed by atoms with E-state index < -0.39 is 12.0 Å². The Hall–Kier alpha value is -1.23. The maximum Gasteiger partial charge on any atom is 0.336 e. The highest BCUT2D eigenvalue weighted by molar-refractivity contribution is 9.10. The second-order valence-corrected chi connectivity index (χ2v) is 3.31. The van der Waals surface area contributed by atoms with Crippen molar-refractivity contribution < 1.29 is 9.90 Å². The van der Waals surface area contributed by atoms with Crippen LogP contribution < -0.4 is 0 Å². The Bertz CT molecular complexity index is 323. The number of carbonyl (C=O) groups is 1. The molecule has 0 radical (unpaired) electrons. The monoisotopic (exact) mass is 243 g/mol. The normalized spacial score (nSPS) is 12.1. The molecule has 1 aromatic carbocycles. The van der Waals surface area contributed by atoms with Gasteiger partial charge in [-0.2, -0.15) is 0 Å². The Balaban J connectivity index is 2.99. The molecule has 0 spiro atoms. The molecule has 1 rings (SSSR count). The van der Waals surface area contributed by atoms with Gasteiger partial charge in [0.25, 0.3) is 0 Å². The maximum absolute atomic E-state index is 10.5. The molecule has 1 N–H and O–H groups in total. The molecule has 0 bridgehead atoms. The second-order valence-electron chi connectivity index (χ2n) is 2.40. The van der Waals surface area contributed by atoms with Gasteiger partial charge in [0, 0.05) is 4.47 Å². The average Bonchev–Trinajstić information content (AvgIpc) is 2.09. The Morgan fingerprint density at radius 1 is 1.38 bits per heavy atom. The smallest absolute Gasteiger partial charge is 0.336 e. The lowest BCUT2D eigenvalue weighted by molar-refractivity contribution is -0.138. The van der Waals surface area contributed by atoms with Crippen LogP contribution in [0.1, 0.15) is 11.6 Å². The van der Waals surface area contributed by atoms with E-state index in [4.69, 9.17) is 5.11 Å². The largest absolute Gasteiger partial charge is 0.479 e. The lowest BCUT2D eigenvalue weighted by atomic mass is 10.1. The van der Waals surface area contributed by atoms with E-state index >= 15 is 0 Å². The second kappa shape index (κ2) is 4.13. The van der Waals surface area contributed by atoms with Gasteiger partial charge in [0.15, 0.2) is 0 Å². The van der Waals surface area contributed by atoms with Crippen LogP contribution in [0, 0.1) is 4.91 Å². The van der Waals surface area contributed by atoms with Gasteiger partial charge in [0.05, 0.1) is 0 Å². The van der Waals surface area contributed by atoms with Crippen LogP contribution in [0.15, 0.2) is 33.9 Å². The summed E-state index contributed by atoms with van der Waals surface area (Å²) in [6.45, 7) is 0. The van der Waals surface area contributed by atoms with Gasteiger partial charge in [-0.05, 0) is 22.9 Å². The molecule has 1 atom stereocenters. The van der Waals surface area contributed by atoms with Crippen LogP contribution in [-0.2, 0) is 4.79 Å². The first-order valence-electron chi connectivity index (χ1n) is 3.46. The molecule has 0 aromatic heterocycles. The topological polar surface area (TPSA) is 66.7 Å². The highest BCUT2D eigenvalue weighted by atomic mass is 79.9. The first-order chi connectivity index (χ1) is 6.15. The SMILES string of the molecule is O=NC(C(=O)O)c1ccc(Br)cc1. The van der Waals surface area contributed by atoms with E-state index in [9.17, 15) is 9.70 Å². The molecule has 1 unspecified atom stereocenters. The fourth-order valence-electron chi connectivity index (χ4n) is 0.894. The standard InChI is InChI=1S/C8H6BrNO3/c9-6-3-1-5(2-4-6)7(10-13)8(11)12/h1-4,7H,(H,11,12). The van der Waals surface area contributed by atoms with Crippen LogP contribution in [0.3, 0.4) is 0 Å². The molecule has 5 heteroatoms. The molecule has 0 fully saturated rings. The number of nitrogens with zero attached hydrogens (tertiary/aromatic N) is 1. The summed E-state index contributed by atoms with van der Waals surface area (Å²) in [6, 6.07) is 5.11. The highest BCUT2D eigenvalue weighted by Gasteiger charge is 2.19. The van der Waals surface area contributed by atoms with Crippen molar-refractivity contribution in [2.45, 2.75) is 6.04 Å². The quantitative estimate of drug-likeness (QED) is 0.829. The summed E-state index contributed by atoms with van der Waals surface area (Å²) in [6.07, 6.45) is 0. The molecule has 0 aliphatic rings. The Labute approximate surface area is 82.7 Å². The van der Waals surface area contributed by atoms with Crippen LogP contribution in [0.4, 0.5) is 0 Å². The molecular formula is C8H6BrNO3. The maximum atomic E-state index is 10.5. The lowest BCUT2D eigenvalue weighted by Crippen LogP contribution is -2.08. The molecule has 68 valence electrons.